The largest absolute Gasteiger partial charge is 0.451 e. The van der Waals surface area contributed by atoms with E-state index in [2.05, 4.69) is 9.57 Å². The van der Waals surface area contributed by atoms with Crippen LogP contribution < -0.4 is 11.2 Å². The van der Waals surface area contributed by atoms with Gasteiger partial charge in [-0.25, -0.2) is 4.79 Å². The highest BCUT2D eigenvalue weighted by Crippen LogP contribution is 1.70. The molecule has 0 aromatic rings. The highest BCUT2D eigenvalue weighted by atomic mass is 16.7. The van der Waals surface area contributed by atoms with Crippen LogP contribution in [0.4, 0.5) is 4.79 Å². The van der Waals surface area contributed by atoms with Crippen LogP contribution in [0.5, 0.6) is 0 Å². The highest BCUT2D eigenvalue weighted by Gasteiger charge is 1.93. The van der Waals surface area contributed by atoms with Gasteiger partial charge in [0.1, 0.15) is 0 Å². The molecular formula is C4H10N2O3. The Balaban J connectivity index is 2.97. The fourth-order valence-corrected chi connectivity index (χ4v) is 0.211. The van der Waals surface area contributed by atoms with Crippen LogP contribution >= 0.6 is 0 Å². The van der Waals surface area contributed by atoms with Gasteiger partial charge in [-0.1, -0.05) is 0 Å². The minimum atomic E-state index is -0.622. The van der Waals surface area contributed by atoms with Crippen molar-refractivity contribution in [2.75, 3.05) is 20.3 Å². The van der Waals surface area contributed by atoms with Gasteiger partial charge in [0.2, 0.25) is 0 Å². The summed E-state index contributed by atoms with van der Waals surface area (Å²) in [6.45, 7) is 0.652. The minimum absolute atomic E-state index is 0.287. The number of nitrogens with two attached hydrogens (primary N) is 1. The summed E-state index contributed by atoms with van der Waals surface area (Å²) < 4.78 is 4.18. The number of hydrogen-bond acceptors (Lipinski definition) is 4. The van der Waals surface area contributed by atoms with Gasteiger partial charge in [0.25, 0.3) is 0 Å². The summed E-state index contributed by atoms with van der Waals surface area (Å²) in [5.74, 6) is 0. The Kier molecular flexibility index (Phi) is 4.85. The van der Waals surface area contributed by atoms with E-state index in [4.69, 9.17) is 5.73 Å². The Morgan fingerprint density at radius 2 is 2.44 bits per heavy atom. The van der Waals surface area contributed by atoms with Gasteiger partial charge in [-0.2, -0.15) is 5.48 Å². The summed E-state index contributed by atoms with van der Waals surface area (Å²) in [6, 6.07) is 0. The zero-order valence-corrected chi connectivity index (χ0v) is 5.22. The van der Waals surface area contributed by atoms with Gasteiger partial charge in [-0.3, -0.25) is 4.84 Å². The van der Waals surface area contributed by atoms with Crippen molar-refractivity contribution in [2.24, 2.45) is 5.73 Å². The highest BCUT2D eigenvalue weighted by molar-refractivity contribution is 5.65. The summed E-state index contributed by atoms with van der Waals surface area (Å²) in [5.41, 5.74) is 7.03. The molecule has 0 aromatic heterocycles. The number of hydroxylamine groups is 1. The summed E-state index contributed by atoms with van der Waals surface area (Å²) in [7, 11) is 1.25. The van der Waals surface area contributed by atoms with Crippen molar-refractivity contribution in [3.63, 3.8) is 0 Å². The van der Waals surface area contributed by atoms with Crippen molar-refractivity contribution in [1.29, 1.82) is 0 Å². The molecule has 1 amide bonds. The van der Waals surface area contributed by atoms with E-state index in [1.165, 1.54) is 7.11 Å². The SMILES string of the molecule is COC(=O)NOCCN. The van der Waals surface area contributed by atoms with Crippen LogP contribution in [0.3, 0.4) is 0 Å². The van der Waals surface area contributed by atoms with Crippen LogP contribution in [0.1, 0.15) is 0 Å². The van der Waals surface area contributed by atoms with Gasteiger partial charge in [0.15, 0.2) is 0 Å². The lowest BCUT2D eigenvalue weighted by molar-refractivity contribution is 0.0395. The maximum atomic E-state index is 10.2. The molecule has 0 fully saturated rings. The van der Waals surface area contributed by atoms with Crippen LogP contribution in [-0.4, -0.2) is 26.4 Å². The number of ether oxygens (including phenoxy) is 1. The van der Waals surface area contributed by atoms with E-state index in [9.17, 15) is 4.79 Å². The van der Waals surface area contributed by atoms with Crippen molar-refractivity contribution in [1.82, 2.24) is 5.48 Å². The molecule has 0 unspecified atom stereocenters. The van der Waals surface area contributed by atoms with Crippen LogP contribution in [0, 0.1) is 0 Å². The average molecular weight is 134 g/mol. The van der Waals surface area contributed by atoms with Crippen molar-refractivity contribution in [2.45, 2.75) is 0 Å². The van der Waals surface area contributed by atoms with E-state index >= 15 is 0 Å². The Labute approximate surface area is 53.1 Å². The zero-order valence-electron chi connectivity index (χ0n) is 5.22. The predicted octanol–water partition coefficient (Wildman–Crippen LogP) is -0.767. The molecule has 0 rings (SSSR count). The summed E-state index contributed by atoms with van der Waals surface area (Å²) in [5, 5.41) is 0. The molecule has 0 bridgehead atoms. The molecule has 5 nitrogen and oxygen atoms in total. The van der Waals surface area contributed by atoms with E-state index in [0.717, 1.165) is 0 Å². The van der Waals surface area contributed by atoms with Gasteiger partial charge >= 0.3 is 6.09 Å². The monoisotopic (exact) mass is 134 g/mol. The Bertz CT molecular complexity index is 85.9. The molecule has 0 aromatic carbocycles. The number of carbonyl (C=O) groups is 1. The molecule has 0 saturated heterocycles. The number of rotatable bonds is 3. The molecule has 9 heavy (non-hydrogen) atoms. The first-order valence-corrected chi connectivity index (χ1v) is 2.47. The van der Waals surface area contributed by atoms with E-state index in [1.54, 1.807) is 0 Å². The molecule has 0 heterocycles. The second-order valence-electron chi connectivity index (χ2n) is 1.23. The second kappa shape index (κ2) is 5.33. The summed E-state index contributed by atoms with van der Waals surface area (Å²) in [6.07, 6.45) is -0.622. The first-order valence-electron chi connectivity index (χ1n) is 2.47. The number of amides is 1. The fraction of sp³-hybridized carbons (Fsp3) is 0.750. The Morgan fingerprint density at radius 3 is 2.89 bits per heavy atom. The smallest absolute Gasteiger partial charge is 0.431 e. The standard InChI is InChI=1S/C4H10N2O3/c1-8-4(7)6-9-3-2-5/h2-3,5H2,1H3,(H,6,7). The normalized spacial score (nSPS) is 8.67. The van der Waals surface area contributed by atoms with Crippen molar-refractivity contribution < 1.29 is 14.4 Å². The van der Waals surface area contributed by atoms with E-state index in [1.807, 2.05) is 5.48 Å². The lowest BCUT2D eigenvalue weighted by atomic mass is 10.8. The summed E-state index contributed by atoms with van der Waals surface area (Å²) >= 11 is 0. The van der Waals surface area contributed by atoms with E-state index in [0.29, 0.717) is 6.54 Å². The fourth-order valence-electron chi connectivity index (χ4n) is 0.211. The first kappa shape index (κ1) is 8.19. The maximum Gasteiger partial charge on any atom is 0.431 e. The molecule has 0 radical (unpaired) electrons. The molecule has 0 saturated carbocycles. The van der Waals surface area contributed by atoms with E-state index < -0.39 is 6.09 Å². The molecule has 0 spiro atoms. The van der Waals surface area contributed by atoms with Gasteiger partial charge in [0, 0.05) is 6.54 Å². The van der Waals surface area contributed by atoms with Crippen molar-refractivity contribution in [3.8, 4) is 0 Å². The van der Waals surface area contributed by atoms with E-state index in [-0.39, 0.29) is 6.61 Å². The maximum absolute atomic E-state index is 10.2. The molecule has 3 N–H and O–H groups in total. The molecule has 54 valence electrons. The third kappa shape index (κ3) is 5.05. The quantitative estimate of drug-likeness (QED) is 0.392. The number of carbonyl (C=O) groups excluding carboxylic acids is 1. The molecule has 5 heteroatoms. The molecular weight excluding hydrogens is 124 g/mol. The Morgan fingerprint density at radius 1 is 1.78 bits per heavy atom. The average Bonchev–Trinajstić information content (AvgIpc) is 1.89. The zero-order chi connectivity index (χ0) is 7.11. The van der Waals surface area contributed by atoms with Crippen LogP contribution in [0.2, 0.25) is 0 Å². The molecule has 0 aliphatic heterocycles. The minimum Gasteiger partial charge on any atom is -0.451 e. The van der Waals surface area contributed by atoms with Crippen molar-refractivity contribution >= 4 is 6.09 Å². The van der Waals surface area contributed by atoms with Crippen molar-refractivity contribution in [3.05, 3.63) is 0 Å². The lowest BCUT2D eigenvalue weighted by Crippen LogP contribution is -2.26. The molecule has 0 aliphatic carbocycles. The Hall–Kier alpha value is -0.810. The lowest BCUT2D eigenvalue weighted by Gasteiger charge is -2.00. The third-order valence-corrected chi connectivity index (χ3v) is 0.561. The topological polar surface area (TPSA) is 73.6 Å². The van der Waals surface area contributed by atoms with Crippen LogP contribution in [0.25, 0.3) is 0 Å². The number of hydrogen-bond donors (Lipinski definition) is 2. The molecule has 0 atom stereocenters. The summed E-state index contributed by atoms with van der Waals surface area (Å²) in [4.78, 5) is 14.7. The van der Waals surface area contributed by atoms with Crippen LogP contribution in [0.15, 0.2) is 0 Å². The molecule has 0 aliphatic rings. The first-order chi connectivity index (χ1) is 4.31. The van der Waals surface area contributed by atoms with Gasteiger partial charge in [0.05, 0.1) is 13.7 Å². The third-order valence-electron chi connectivity index (χ3n) is 0.561. The second-order valence-corrected chi connectivity index (χ2v) is 1.23. The predicted molar refractivity (Wildman–Crippen MR) is 30.5 cm³/mol. The van der Waals surface area contributed by atoms with Gasteiger partial charge in [-0.05, 0) is 0 Å². The van der Waals surface area contributed by atoms with Crippen LogP contribution in [-0.2, 0) is 9.57 Å². The van der Waals surface area contributed by atoms with Gasteiger partial charge in [-0.15, -0.1) is 0 Å². The number of methoxy groups -OCH3 is 1. The van der Waals surface area contributed by atoms with Gasteiger partial charge < -0.3 is 10.5 Å². The number of nitrogens with one attached hydrogen (secondary N) is 1.